The highest BCUT2D eigenvalue weighted by molar-refractivity contribution is 7.90. The van der Waals surface area contributed by atoms with Gasteiger partial charge < -0.3 is 0 Å². The largest absolute Gasteiger partial charge is 0.236 e. The molecule has 5 heteroatoms. The molecule has 0 amide bonds. The van der Waals surface area contributed by atoms with Crippen molar-refractivity contribution in [3.8, 4) is 6.07 Å². The summed E-state index contributed by atoms with van der Waals surface area (Å²) in [4.78, 5) is 0.383. The van der Waals surface area contributed by atoms with Crippen molar-refractivity contribution < 1.29 is 4.21 Å². The fourth-order valence-electron chi connectivity index (χ4n) is 0.839. The molecule has 0 saturated carbocycles. The zero-order chi connectivity index (χ0) is 9.90. The average Bonchev–Trinajstić information content (AvgIpc) is 2.18. The van der Waals surface area contributed by atoms with Crippen molar-refractivity contribution in [2.24, 2.45) is 0 Å². The summed E-state index contributed by atoms with van der Waals surface area (Å²) in [5.74, 6) is 0. The lowest BCUT2D eigenvalue weighted by atomic mass is 10.2. The molecule has 1 atom stereocenters. The molecule has 0 aromatic heterocycles. The van der Waals surface area contributed by atoms with Gasteiger partial charge in [-0.1, -0.05) is 0 Å². The molecule has 0 fully saturated rings. The van der Waals surface area contributed by atoms with E-state index in [-0.39, 0.29) is 0 Å². The highest BCUT2D eigenvalue weighted by atomic mass is 32.2. The minimum Gasteiger partial charge on any atom is -0.236 e. The Morgan fingerprint density at radius 1 is 1.46 bits per heavy atom. The summed E-state index contributed by atoms with van der Waals surface area (Å²) < 4.78 is 21.2. The van der Waals surface area contributed by atoms with E-state index in [1.165, 1.54) is 19.2 Å². The van der Waals surface area contributed by atoms with E-state index in [1.807, 2.05) is 6.07 Å². The molecular weight excluding hydrogens is 186 g/mol. The van der Waals surface area contributed by atoms with Crippen LogP contribution in [0.2, 0.25) is 0 Å². The van der Waals surface area contributed by atoms with E-state index in [4.69, 9.17) is 10.0 Å². The van der Waals surface area contributed by atoms with Gasteiger partial charge in [0.15, 0.2) is 0 Å². The molecule has 0 aliphatic carbocycles. The summed E-state index contributed by atoms with van der Waals surface area (Å²) >= 11 is 0. The standard InChI is InChI=1S/C8H9N3OS/c1-11-13(10,12)8-4-2-7(6-9)3-5-8/h2-5H,1H3,(H2,10,11,12). The third-order valence-corrected chi connectivity index (χ3v) is 3.11. The lowest BCUT2D eigenvalue weighted by Crippen LogP contribution is -2.16. The van der Waals surface area contributed by atoms with Gasteiger partial charge in [-0.25, -0.2) is 13.7 Å². The summed E-state index contributed by atoms with van der Waals surface area (Å²) in [6, 6.07) is 8.07. The molecule has 0 radical (unpaired) electrons. The molecule has 13 heavy (non-hydrogen) atoms. The van der Waals surface area contributed by atoms with Gasteiger partial charge in [0.2, 0.25) is 0 Å². The highest BCUT2D eigenvalue weighted by Gasteiger charge is 2.05. The molecule has 0 bridgehead atoms. The number of nitrogens with zero attached hydrogens (tertiary/aromatic N) is 1. The van der Waals surface area contributed by atoms with Crippen LogP contribution in [-0.2, 0) is 9.92 Å². The second-order valence-corrected chi connectivity index (χ2v) is 4.39. The van der Waals surface area contributed by atoms with E-state index in [0.717, 1.165) is 0 Å². The third kappa shape index (κ3) is 2.05. The smallest absolute Gasteiger partial charge is 0.134 e. The van der Waals surface area contributed by atoms with E-state index in [2.05, 4.69) is 4.72 Å². The van der Waals surface area contributed by atoms with E-state index < -0.39 is 9.92 Å². The molecule has 1 rings (SSSR count). The zero-order valence-electron chi connectivity index (χ0n) is 7.07. The number of benzene rings is 1. The number of hydrogen-bond acceptors (Lipinski definition) is 3. The molecule has 1 unspecified atom stereocenters. The fraction of sp³-hybridized carbons (Fsp3) is 0.125. The molecule has 0 saturated heterocycles. The van der Waals surface area contributed by atoms with Crippen LogP contribution in [0.5, 0.6) is 0 Å². The number of nitrogens with one attached hydrogen (secondary N) is 2. The monoisotopic (exact) mass is 195 g/mol. The van der Waals surface area contributed by atoms with Crippen molar-refractivity contribution in [3.63, 3.8) is 0 Å². The quantitative estimate of drug-likeness (QED) is 0.741. The van der Waals surface area contributed by atoms with Gasteiger partial charge in [0.1, 0.15) is 9.92 Å². The van der Waals surface area contributed by atoms with Crippen LogP contribution in [0.4, 0.5) is 0 Å². The normalized spacial score (nSPS) is 14.5. The third-order valence-electron chi connectivity index (χ3n) is 1.60. The number of rotatable bonds is 2. The first kappa shape index (κ1) is 9.71. The van der Waals surface area contributed by atoms with Crippen LogP contribution in [0.3, 0.4) is 0 Å². The molecule has 1 aromatic rings. The van der Waals surface area contributed by atoms with Gasteiger partial charge in [0.25, 0.3) is 0 Å². The maximum absolute atomic E-state index is 11.4. The van der Waals surface area contributed by atoms with E-state index in [9.17, 15) is 4.21 Å². The zero-order valence-corrected chi connectivity index (χ0v) is 7.89. The second-order valence-electron chi connectivity index (χ2n) is 2.40. The van der Waals surface area contributed by atoms with Crippen molar-refractivity contribution >= 4 is 9.92 Å². The predicted molar refractivity (Wildman–Crippen MR) is 49.3 cm³/mol. The van der Waals surface area contributed by atoms with Crippen LogP contribution < -0.4 is 4.72 Å². The Kier molecular flexibility index (Phi) is 2.66. The summed E-state index contributed by atoms with van der Waals surface area (Å²) in [6.45, 7) is 0. The Bertz CT molecular complexity index is 427. The summed E-state index contributed by atoms with van der Waals surface area (Å²) in [7, 11) is -1.42. The van der Waals surface area contributed by atoms with Gasteiger partial charge >= 0.3 is 0 Å². The lowest BCUT2D eigenvalue weighted by Gasteiger charge is -2.04. The Labute approximate surface area is 77.3 Å². The van der Waals surface area contributed by atoms with E-state index in [1.54, 1.807) is 12.1 Å². The highest BCUT2D eigenvalue weighted by Crippen LogP contribution is 2.09. The van der Waals surface area contributed by atoms with Crippen molar-refractivity contribution in [3.05, 3.63) is 29.8 Å². The van der Waals surface area contributed by atoms with Crippen LogP contribution in [0, 0.1) is 16.1 Å². The molecule has 0 heterocycles. The molecule has 68 valence electrons. The average molecular weight is 195 g/mol. The van der Waals surface area contributed by atoms with Crippen LogP contribution >= 0.6 is 0 Å². The number of nitriles is 1. The summed E-state index contributed by atoms with van der Waals surface area (Å²) in [6.07, 6.45) is 0. The van der Waals surface area contributed by atoms with Gasteiger partial charge in [0.05, 0.1) is 16.5 Å². The van der Waals surface area contributed by atoms with Crippen LogP contribution in [-0.4, -0.2) is 11.3 Å². The van der Waals surface area contributed by atoms with E-state index >= 15 is 0 Å². The van der Waals surface area contributed by atoms with Gasteiger partial charge in [-0.05, 0) is 31.3 Å². The maximum Gasteiger partial charge on any atom is 0.134 e. The summed E-state index contributed by atoms with van der Waals surface area (Å²) in [5.41, 5.74) is 0.495. The fourth-order valence-corrected chi connectivity index (χ4v) is 1.59. The van der Waals surface area contributed by atoms with E-state index in [0.29, 0.717) is 10.5 Å². The molecule has 0 spiro atoms. The topological polar surface area (TPSA) is 76.7 Å². The van der Waals surface area contributed by atoms with Crippen LogP contribution in [0.15, 0.2) is 29.2 Å². The molecule has 0 aliphatic rings. The lowest BCUT2D eigenvalue weighted by molar-refractivity contribution is 0.668. The Balaban J connectivity index is 3.15. The molecular formula is C8H9N3OS. The minimum atomic E-state index is -2.88. The molecule has 2 N–H and O–H groups in total. The Hall–Kier alpha value is -1.38. The Morgan fingerprint density at radius 3 is 2.38 bits per heavy atom. The van der Waals surface area contributed by atoms with Crippen molar-refractivity contribution in [2.75, 3.05) is 7.05 Å². The van der Waals surface area contributed by atoms with Crippen molar-refractivity contribution in [2.45, 2.75) is 4.90 Å². The number of hydrogen-bond donors (Lipinski definition) is 2. The van der Waals surface area contributed by atoms with Gasteiger partial charge in [-0.3, -0.25) is 0 Å². The Morgan fingerprint density at radius 2 is 2.00 bits per heavy atom. The first-order chi connectivity index (χ1) is 6.10. The van der Waals surface area contributed by atoms with Gasteiger partial charge in [-0.2, -0.15) is 5.26 Å². The van der Waals surface area contributed by atoms with Gasteiger partial charge in [0, 0.05) is 0 Å². The van der Waals surface area contributed by atoms with Crippen LogP contribution in [0.1, 0.15) is 5.56 Å². The SMILES string of the molecule is CNS(=N)(=O)c1ccc(C#N)cc1. The first-order valence-corrected chi connectivity index (χ1v) is 5.13. The van der Waals surface area contributed by atoms with Crippen molar-refractivity contribution in [1.29, 1.82) is 10.0 Å². The van der Waals surface area contributed by atoms with Crippen molar-refractivity contribution in [1.82, 2.24) is 4.72 Å². The maximum atomic E-state index is 11.4. The molecule has 0 aliphatic heterocycles. The van der Waals surface area contributed by atoms with Gasteiger partial charge in [-0.15, -0.1) is 0 Å². The first-order valence-electron chi connectivity index (χ1n) is 3.57. The minimum absolute atomic E-state index is 0.383. The molecule has 4 nitrogen and oxygen atoms in total. The predicted octanol–water partition coefficient (Wildman–Crippen LogP) is 1.10. The second kappa shape index (κ2) is 3.56. The summed E-state index contributed by atoms with van der Waals surface area (Å²) in [5, 5.41) is 8.50. The van der Waals surface area contributed by atoms with Crippen LogP contribution in [0.25, 0.3) is 0 Å². The molecule has 1 aromatic carbocycles.